The van der Waals surface area contributed by atoms with Gasteiger partial charge in [-0.25, -0.2) is 9.18 Å². The summed E-state index contributed by atoms with van der Waals surface area (Å²) in [4.78, 5) is 24.7. The van der Waals surface area contributed by atoms with Crippen molar-refractivity contribution in [3.63, 3.8) is 0 Å². The first-order valence-electron chi connectivity index (χ1n) is 7.56. The molecule has 8 heteroatoms. The second-order valence-electron chi connectivity index (χ2n) is 7.01. The maximum Gasteiger partial charge on any atom is 0.427 e. The van der Waals surface area contributed by atoms with E-state index >= 15 is 0 Å². The summed E-state index contributed by atoms with van der Waals surface area (Å²) in [5, 5.41) is 2.08. The Morgan fingerprint density at radius 1 is 1.08 bits per heavy atom. The number of Topliss-reactive ketones (excluding diaryl/α,β-unsaturated/α-hetero) is 1. The molecule has 0 amide bonds. The van der Waals surface area contributed by atoms with Crippen molar-refractivity contribution in [2.45, 2.75) is 38.4 Å². The Morgan fingerprint density at radius 2 is 1.68 bits per heavy atom. The van der Waals surface area contributed by atoms with Crippen molar-refractivity contribution in [1.29, 1.82) is 0 Å². The Bertz CT molecular complexity index is 780. The summed E-state index contributed by atoms with van der Waals surface area (Å²) >= 11 is 0. The van der Waals surface area contributed by atoms with Crippen LogP contribution < -0.4 is 5.32 Å². The van der Waals surface area contributed by atoms with E-state index in [0.717, 1.165) is 24.3 Å². The predicted molar refractivity (Wildman–Crippen MR) is 79.9 cm³/mol. The van der Waals surface area contributed by atoms with Crippen molar-refractivity contribution in [2.75, 3.05) is 5.32 Å². The van der Waals surface area contributed by atoms with E-state index in [1.807, 2.05) is 0 Å². The second kappa shape index (κ2) is 5.31. The SMILES string of the molecule is CC1(C)CC(=O)C2=C(C1)OC(=O)C2(Nc1ccc(F)cc1)C(F)(F)F. The van der Waals surface area contributed by atoms with Crippen molar-refractivity contribution in [3.8, 4) is 0 Å². The molecule has 1 atom stereocenters. The quantitative estimate of drug-likeness (QED) is 0.647. The third-order valence-corrected chi connectivity index (χ3v) is 4.33. The van der Waals surface area contributed by atoms with E-state index in [2.05, 4.69) is 5.32 Å². The van der Waals surface area contributed by atoms with E-state index in [0.29, 0.717) is 0 Å². The van der Waals surface area contributed by atoms with Crippen LogP contribution in [0.1, 0.15) is 26.7 Å². The number of carbonyl (C=O) groups is 2. The lowest BCUT2D eigenvalue weighted by Gasteiger charge is -2.34. The van der Waals surface area contributed by atoms with Crippen LogP contribution in [0.4, 0.5) is 23.2 Å². The molecule has 0 spiro atoms. The minimum atomic E-state index is -5.12. The highest BCUT2D eigenvalue weighted by Gasteiger charge is 2.71. The molecule has 1 N–H and O–H groups in total. The number of allylic oxidation sites excluding steroid dienone is 1. The van der Waals surface area contributed by atoms with Crippen LogP contribution in [0, 0.1) is 11.2 Å². The first-order valence-corrected chi connectivity index (χ1v) is 7.56. The first kappa shape index (κ1) is 17.4. The Hall–Kier alpha value is -2.38. The molecule has 3 rings (SSSR count). The highest BCUT2D eigenvalue weighted by atomic mass is 19.4. The van der Waals surface area contributed by atoms with Gasteiger partial charge in [-0.05, 0) is 29.7 Å². The van der Waals surface area contributed by atoms with Crippen LogP contribution in [0.2, 0.25) is 0 Å². The lowest BCUT2D eigenvalue weighted by Crippen LogP contribution is -2.59. The van der Waals surface area contributed by atoms with Crippen molar-refractivity contribution in [1.82, 2.24) is 0 Å². The molecule has 2 aliphatic rings. The number of ketones is 1. The van der Waals surface area contributed by atoms with Gasteiger partial charge in [-0.3, -0.25) is 4.79 Å². The smallest absolute Gasteiger partial charge is 0.427 e. The third kappa shape index (κ3) is 2.69. The molecule has 1 heterocycles. The van der Waals surface area contributed by atoms with E-state index in [1.165, 1.54) is 0 Å². The number of nitrogens with one attached hydrogen (secondary N) is 1. The molecule has 134 valence electrons. The van der Waals surface area contributed by atoms with Gasteiger partial charge >= 0.3 is 12.1 Å². The highest BCUT2D eigenvalue weighted by Crippen LogP contribution is 2.51. The monoisotopic (exact) mass is 357 g/mol. The number of hydrogen-bond acceptors (Lipinski definition) is 4. The molecular weight excluding hydrogens is 342 g/mol. The van der Waals surface area contributed by atoms with Gasteiger partial charge in [0.2, 0.25) is 0 Å². The molecule has 1 aromatic carbocycles. The number of esters is 1. The minimum Gasteiger partial charge on any atom is -0.428 e. The van der Waals surface area contributed by atoms with Gasteiger partial charge in [-0.15, -0.1) is 0 Å². The molecule has 1 aliphatic heterocycles. The number of rotatable bonds is 2. The summed E-state index contributed by atoms with van der Waals surface area (Å²) < 4.78 is 59.7. The van der Waals surface area contributed by atoms with Crippen molar-refractivity contribution in [2.24, 2.45) is 5.41 Å². The summed E-state index contributed by atoms with van der Waals surface area (Å²) in [7, 11) is 0. The lowest BCUT2D eigenvalue weighted by atomic mass is 9.72. The molecule has 0 bridgehead atoms. The predicted octanol–water partition coefficient (Wildman–Crippen LogP) is 3.74. The summed E-state index contributed by atoms with van der Waals surface area (Å²) in [6.07, 6.45) is -5.21. The molecule has 0 saturated heterocycles. The van der Waals surface area contributed by atoms with Crippen LogP contribution >= 0.6 is 0 Å². The van der Waals surface area contributed by atoms with Gasteiger partial charge in [0.1, 0.15) is 11.6 Å². The largest absolute Gasteiger partial charge is 0.428 e. The molecule has 0 aromatic heterocycles. The van der Waals surface area contributed by atoms with Gasteiger partial charge in [0.25, 0.3) is 5.54 Å². The second-order valence-corrected chi connectivity index (χ2v) is 7.01. The minimum absolute atomic E-state index is 0.0444. The number of benzene rings is 1. The van der Waals surface area contributed by atoms with Crippen LogP contribution in [0.5, 0.6) is 0 Å². The van der Waals surface area contributed by atoms with Crippen LogP contribution in [0.3, 0.4) is 0 Å². The van der Waals surface area contributed by atoms with Gasteiger partial charge in [-0.2, -0.15) is 13.2 Å². The average molecular weight is 357 g/mol. The summed E-state index contributed by atoms with van der Waals surface area (Å²) in [5.74, 6) is -3.28. The van der Waals surface area contributed by atoms with Crippen molar-refractivity contribution in [3.05, 3.63) is 41.4 Å². The van der Waals surface area contributed by atoms with E-state index in [4.69, 9.17) is 4.74 Å². The molecule has 1 aromatic rings. The van der Waals surface area contributed by atoms with Crippen LogP contribution in [-0.2, 0) is 14.3 Å². The number of alkyl halides is 3. The summed E-state index contributed by atoms with van der Waals surface area (Å²) in [6.45, 7) is 3.42. The fourth-order valence-electron chi connectivity index (χ4n) is 3.25. The fraction of sp³-hybridized carbons (Fsp3) is 0.412. The normalized spacial score (nSPS) is 25.7. The molecule has 25 heavy (non-hydrogen) atoms. The Morgan fingerprint density at radius 3 is 2.24 bits per heavy atom. The maximum atomic E-state index is 13.9. The molecule has 1 unspecified atom stereocenters. The number of anilines is 1. The maximum absolute atomic E-state index is 13.9. The highest BCUT2D eigenvalue weighted by molar-refractivity contribution is 6.11. The van der Waals surface area contributed by atoms with E-state index in [9.17, 15) is 27.2 Å². The Balaban J connectivity index is 2.15. The molecule has 1 aliphatic carbocycles. The van der Waals surface area contributed by atoms with Gasteiger partial charge < -0.3 is 10.1 Å². The molecule has 0 saturated carbocycles. The topological polar surface area (TPSA) is 55.4 Å². The van der Waals surface area contributed by atoms with Gasteiger partial charge in [0.15, 0.2) is 5.78 Å². The van der Waals surface area contributed by atoms with E-state index in [1.54, 1.807) is 13.8 Å². The molecule has 0 radical (unpaired) electrons. The fourth-order valence-corrected chi connectivity index (χ4v) is 3.25. The molecule has 4 nitrogen and oxygen atoms in total. The lowest BCUT2D eigenvalue weighted by molar-refractivity contribution is -0.185. The molecule has 0 fully saturated rings. The molecular formula is C17H15F4NO3. The summed E-state index contributed by atoms with van der Waals surface area (Å²) in [6, 6.07) is 4.03. The van der Waals surface area contributed by atoms with E-state index in [-0.39, 0.29) is 24.3 Å². The first-order chi connectivity index (χ1) is 11.5. The van der Waals surface area contributed by atoms with Crippen LogP contribution in [0.25, 0.3) is 0 Å². The number of hydrogen-bond donors (Lipinski definition) is 1. The third-order valence-electron chi connectivity index (χ3n) is 4.33. The van der Waals surface area contributed by atoms with Gasteiger partial charge in [0.05, 0.1) is 5.57 Å². The number of carbonyl (C=O) groups excluding carboxylic acids is 2. The van der Waals surface area contributed by atoms with Crippen LogP contribution in [0.15, 0.2) is 35.6 Å². The standard InChI is InChI=1S/C17H15F4NO3/c1-15(2)7-11(23)13-12(8-15)25-14(24)16(13,17(19,20)21)22-10-5-3-9(18)4-6-10/h3-6,22H,7-8H2,1-2H3. The van der Waals surface area contributed by atoms with Crippen LogP contribution in [-0.4, -0.2) is 23.5 Å². The van der Waals surface area contributed by atoms with Crippen molar-refractivity contribution < 1.29 is 31.9 Å². The average Bonchev–Trinajstić information content (AvgIpc) is 2.72. The zero-order valence-electron chi connectivity index (χ0n) is 13.5. The van der Waals surface area contributed by atoms with Crippen molar-refractivity contribution >= 4 is 17.4 Å². The van der Waals surface area contributed by atoms with Gasteiger partial charge in [-0.1, -0.05) is 13.8 Å². The van der Waals surface area contributed by atoms with Gasteiger partial charge in [0, 0.05) is 18.5 Å². The number of halogens is 4. The zero-order valence-corrected chi connectivity index (χ0v) is 13.5. The number of ether oxygens (including phenoxy) is 1. The Kier molecular flexibility index (Phi) is 3.70. The van der Waals surface area contributed by atoms with E-state index < -0.39 is 40.3 Å². The zero-order chi connectivity index (χ0) is 18.6. The Labute approximate surface area is 140 Å². The summed E-state index contributed by atoms with van der Waals surface area (Å²) in [5.41, 5.74) is -4.74.